The Morgan fingerprint density at radius 2 is 2.17 bits per heavy atom. The minimum atomic E-state index is -0.203. The van der Waals surface area contributed by atoms with E-state index in [-0.39, 0.29) is 23.1 Å². The summed E-state index contributed by atoms with van der Waals surface area (Å²) < 4.78 is 11.0. The summed E-state index contributed by atoms with van der Waals surface area (Å²) in [6.07, 6.45) is 3.56. The van der Waals surface area contributed by atoms with Crippen LogP contribution in [0.15, 0.2) is 39.1 Å². The zero-order valence-electron chi connectivity index (χ0n) is 16.5. The molecule has 1 spiro atoms. The number of piperidine rings is 1. The lowest BCUT2D eigenvalue weighted by molar-refractivity contribution is 0.0974. The Hall–Kier alpha value is -1.74. The van der Waals surface area contributed by atoms with Gasteiger partial charge in [-0.2, -0.15) is 0 Å². The van der Waals surface area contributed by atoms with E-state index in [1.165, 1.54) is 11.8 Å². The molecule has 0 saturated carbocycles. The van der Waals surface area contributed by atoms with Crippen LogP contribution in [-0.4, -0.2) is 48.9 Å². The highest BCUT2D eigenvalue weighted by Crippen LogP contribution is 2.41. The van der Waals surface area contributed by atoms with Crippen molar-refractivity contribution >= 4 is 29.2 Å². The molecule has 1 aromatic heterocycles. The van der Waals surface area contributed by atoms with E-state index >= 15 is 0 Å². The number of H-pyrrole nitrogens is 1. The first kappa shape index (κ1) is 20.5. The molecule has 29 heavy (non-hydrogen) atoms. The highest BCUT2D eigenvalue weighted by molar-refractivity contribution is 7.99. The molecule has 156 valence electrons. The van der Waals surface area contributed by atoms with Gasteiger partial charge in [0.25, 0.3) is 5.56 Å². The van der Waals surface area contributed by atoms with Crippen LogP contribution in [-0.2, 0) is 4.74 Å². The van der Waals surface area contributed by atoms with Crippen LogP contribution in [0.3, 0.4) is 0 Å². The Labute approximate surface area is 178 Å². The Kier molecular flexibility index (Phi) is 5.79. The molecule has 4 rings (SSSR count). The normalized spacial score (nSPS) is 23.5. The first-order valence-electron chi connectivity index (χ1n) is 9.65. The van der Waals surface area contributed by atoms with E-state index < -0.39 is 0 Å². The maximum atomic E-state index is 12.7. The first-order valence-corrected chi connectivity index (χ1v) is 10.8. The van der Waals surface area contributed by atoms with Crippen molar-refractivity contribution in [3.63, 3.8) is 0 Å². The van der Waals surface area contributed by atoms with E-state index in [2.05, 4.69) is 9.97 Å². The summed E-state index contributed by atoms with van der Waals surface area (Å²) in [4.78, 5) is 22.9. The summed E-state index contributed by atoms with van der Waals surface area (Å²) in [7, 11) is 1.57. The fourth-order valence-electron chi connectivity index (χ4n) is 4.14. The van der Waals surface area contributed by atoms with Crippen molar-refractivity contribution in [3.8, 4) is 5.75 Å². The molecular weight excluding hydrogens is 412 g/mol. The average molecular weight is 437 g/mol. The molecule has 2 atom stereocenters. The fourth-order valence-corrected chi connectivity index (χ4v) is 5.28. The van der Waals surface area contributed by atoms with Gasteiger partial charge in [-0.15, -0.1) is 0 Å². The van der Waals surface area contributed by atoms with Crippen molar-refractivity contribution < 1.29 is 9.47 Å². The van der Waals surface area contributed by atoms with Crippen molar-refractivity contribution in [2.24, 2.45) is 11.1 Å². The number of benzene rings is 1. The van der Waals surface area contributed by atoms with Gasteiger partial charge in [-0.25, -0.2) is 4.98 Å². The van der Waals surface area contributed by atoms with Crippen LogP contribution < -0.4 is 20.9 Å². The van der Waals surface area contributed by atoms with Crippen LogP contribution in [0.2, 0.25) is 5.02 Å². The Morgan fingerprint density at radius 1 is 1.41 bits per heavy atom. The third-order valence-electron chi connectivity index (χ3n) is 6.02. The van der Waals surface area contributed by atoms with Crippen LogP contribution >= 0.6 is 23.4 Å². The Bertz CT molecular complexity index is 946. The smallest absolute Gasteiger partial charge is 0.291 e. The lowest BCUT2D eigenvalue weighted by atomic mass is 9.73. The molecule has 2 saturated heterocycles. The number of methoxy groups -OCH3 is 1. The molecule has 3 N–H and O–H groups in total. The van der Waals surface area contributed by atoms with E-state index in [1.54, 1.807) is 19.4 Å². The average Bonchev–Trinajstić information content (AvgIpc) is 2.99. The number of nitrogens with two attached hydrogens (primary N) is 1. The SMILES string of the molecule is COc1cccc(Sc2cnc(N3CCC4(CC3)CO[C@@H](C)[C@H]4N)c(=O)[nH]2)c1Cl. The van der Waals surface area contributed by atoms with Gasteiger partial charge in [-0.3, -0.25) is 4.79 Å². The highest BCUT2D eigenvalue weighted by atomic mass is 35.5. The predicted octanol–water partition coefficient (Wildman–Crippen LogP) is 2.92. The number of halogens is 1. The second kappa shape index (κ2) is 8.18. The molecule has 7 nitrogen and oxygen atoms in total. The molecule has 2 aliphatic heterocycles. The summed E-state index contributed by atoms with van der Waals surface area (Å²) in [5.74, 6) is 1.04. The number of aromatic nitrogens is 2. The van der Waals surface area contributed by atoms with Crippen molar-refractivity contribution in [3.05, 3.63) is 39.8 Å². The zero-order chi connectivity index (χ0) is 20.6. The largest absolute Gasteiger partial charge is 0.495 e. The molecule has 2 aliphatic rings. The molecule has 1 aromatic carbocycles. The molecule has 2 fully saturated rings. The van der Waals surface area contributed by atoms with E-state index in [9.17, 15) is 4.79 Å². The number of hydrogen-bond acceptors (Lipinski definition) is 7. The molecule has 0 unspecified atom stereocenters. The molecule has 0 aliphatic carbocycles. The van der Waals surface area contributed by atoms with Crippen LogP contribution in [0.1, 0.15) is 19.8 Å². The summed E-state index contributed by atoms with van der Waals surface area (Å²) in [5.41, 5.74) is 6.19. The topological polar surface area (TPSA) is 93.5 Å². The quantitative estimate of drug-likeness (QED) is 0.760. The van der Waals surface area contributed by atoms with Gasteiger partial charge in [0.2, 0.25) is 0 Å². The third kappa shape index (κ3) is 3.86. The van der Waals surface area contributed by atoms with E-state index in [1.807, 2.05) is 24.0 Å². The molecule has 0 amide bonds. The Balaban J connectivity index is 1.47. The first-order chi connectivity index (χ1) is 13.9. The van der Waals surface area contributed by atoms with E-state index in [4.69, 9.17) is 26.8 Å². The number of aromatic amines is 1. The highest BCUT2D eigenvalue weighted by Gasteiger charge is 2.47. The molecule has 0 bridgehead atoms. The lowest BCUT2D eigenvalue weighted by Crippen LogP contribution is -2.51. The van der Waals surface area contributed by atoms with Gasteiger partial charge >= 0.3 is 0 Å². The van der Waals surface area contributed by atoms with E-state index in [0.29, 0.717) is 28.2 Å². The molecule has 9 heteroatoms. The van der Waals surface area contributed by atoms with Gasteiger partial charge in [0.05, 0.1) is 36.1 Å². The van der Waals surface area contributed by atoms with Crippen molar-refractivity contribution in [2.75, 3.05) is 31.7 Å². The monoisotopic (exact) mass is 436 g/mol. The number of rotatable bonds is 4. The summed E-state index contributed by atoms with van der Waals surface area (Å²) in [6.45, 7) is 4.22. The standard InChI is InChI=1S/C20H25ClN4O3S/c1-12-17(22)20(11-28-12)6-8-25(9-7-20)18-19(26)24-15(10-23-18)29-14-5-3-4-13(27-2)16(14)21/h3-5,10,12,17H,6-9,11,22H2,1-2H3,(H,24,26)/t12-,17+/m0/s1. The summed E-state index contributed by atoms with van der Waals surface area (Å²) in [5, 5.41) is 1.14. The van der Waals surface area contributed by atoms with Crippen LogP contribution in [0.4, 0.5) is 5.82 Å². The number of nitrogens with zero attached hydrogens (tertiary/aromatic N) is 2. The third-order valence-corrected chi connectivity index (χ3v) is 7.51. The van der Waals surface area contributed by atoms with Crippen LogP contribution in [0.5, 0.6) is 5.75 Å². The van der Waals surface area contributed by atoms with Crippen molar-refractivity contribution in [1.82, 2.24) is 9.97 Å². The maximum Gasteiger partial charge on any atom is 0.291 e. The second-order valence-electron chi connectivity index (χ2n) is 7.67. The summed E-state index contributed by atoms with van der Waals surface area (Å²) >= 11 is 7.69. The van der Waals surface area contributed by atoms with Gasteiger partial charge in [-0.1, -0.05) is 29.4 Å². The van der Waals surface area contributed by atoms with Crippen molar-refractivity contribution in [2.45, 2.75) is 41.8 Å². The van der Waals surface area contributed by atoms with Crippen LogP contribution in [0, 0.1) is 5.41 Å². The maximum absolute atomic E-state index is 12.7. The minimum absolute atomic E-state index is 0.0155. The fraction of sp³-hybridized carbons (Fsp3) is 0.500. The number of nitrogens with one attached hydrogen (secondary N) is 1. The van der Waals surface area contributed by atoms with Gasteiger partial charge in [0.1, 0.15) is 5.75 Å². The molecule has 2 aromatic rings. The van der Waals surface area contributed by atoms with E-state index in [0.717, 1.165) is 30.8 Å². The lowest BCUT2D eigenvalue weighted by Gasteiger charge is -2.41. The molecule has 0 radical (unpaired) electrons. The van der Waals surface area contributed by atoms with Gasteiger partial charge < -0.3 is 25.1 Å². The zero-order valence-corrected chi connectivity index (χ0v) is 18.1. The van der Waals surface area contributed by atoms with Gasteiger partial charge in [-0.05, 0) is 31.9 Å². The second-order valence-corrected chi connectivity index (χ2v) is 9.13. The Morgan fingerprint density at radius 3 is 2.79 bits per heavy atom. The minimum Gasteiger partial charge on any atom is -0.495 e. The van der Waals surface area contributed by atoms with Crippen molar-refractivity contribution in [1.29, 1.82) is 0 Å². The molecular formula is C20H25ClN4O3S. The van der Waals surface area contributed by atoms with Crippen LogP contribution in [0.25, 0.3) is 0 Å². The number of hydrogen-bond donors (Lipinski definition) is 2. The van der Waals surface area contributed by atoms with Gasteiger partial charge in [0, 0.05) is 29.4 Å². The molecule has 3 heterocycles. The number of ether oxygens (including phenoxy) is 2. The number of anilines is 1. The van der Waals surface area contributed by atoms with Gasteiger partial charge in [0.15, 0.2) is 5.82 Å². The predicted molar refractivity (Wildman–Crippen MR) is 114 cm³/mol. The summed E-state index contributed by atoms with van der Waals surface area (Å²) in [6, 6.07) is 5.57.